The summed E-state index contributed by atoms with van der Waals surface area (Å²) in [4.78, 5) is 51.5. The second-order valence-corrected chi connectivity index (χ2v) is 10.7. The van der Waals surface area contributed by atoms with E-state index in [0.29, 0.717) is 6.42 Å². The number of benzene rings is 2. The third-order valence-corrected chi connectivity index (χ3v) is 7.20. The Hall–Kier alpha value is -4.46. The maximum Gasteiger partial charge on any atom is 0.167 e. The fourth-order valence-corrected chi connectivity index (χ4v) is 5.33. The summed E-state index contributed by atoms with van der Waals surface area (Å²) < 4.78 is 0. The molecule has 40 heavy (non-hydrogen) atoms. The molecule has 0 fully saturated rings. The van der Waals surface area contributed by atoms with Crippen molar-refractivity contribution >= 4 is 29.2 Å². The van der Waals surface area contributed by atoms with Crippen LogP contribution in [-0.4, -0.2) is 43.6 Å². The van der Waals surface area contributed by atoms with Crippen LogP contribution < -0.4 is 0 Å². The Morgan fingerprint density at radius 3 is 1.52 bits per heavy atom. The Labute approximate surface area is 232 Å². The Morgan fingerprint density at radius 1 is 0.600 bits per heavy atom. The van der Waals surface area contributed by atoms with Gasteiger partial charge in [0.05, 0.1) is 22.3 Å². The highest BCUT2D eigenvalue weighted by molar-refractivity contribution is 6.21. The van der Waals surface area contributed by atoms with Gasteiger partial charge in [0.1, 0.15) is 23.0 Å². The lowest BCUT2D eigenvalue weighted by atomic mass is 9.78. The maximum atomic E-state index is 12.9. The summed E-state index contributed by atoms with van der Waals surface area (Å²) >= 11 is 0. The minimum absolute atomic E-state index is 0.0675. The summed E-state index contributed by atoms with van der Waals surface area (Å²) in [6, 6.07) is 0. The lowest BCUT2D eigenvalue weighted by Crippen LogP contribution is -2.20. The standard InChI is InChI=1S/C32H32O8/c1-15(2)7-5-9-17-23(31(39)27-21(35)13-11-19(33)25(27)29(17)37)24-18(10-6-8-16(3)4)30(38)26-20(34)12-14-22(36)28(26)32(24)40/h5,7-9,37-40H,6,10-14H2,1-4H3/b9-5+. The highest BCUT2D eigenvalue weighted by Gasteiger charge is 2.39. The van der Waals surface area contributed by atoms with Gasteiger partial charge in [0.2, 0.25) is 0 Å². The minimum Gasteiger partial charge on any atom is -0.507 e. The highest BCUT2D eigenvalue weighted by Crippen LogP contribution is 2.54. The van der Waals surface area contributed by atoms with Crippen LogP contribution in [0.4, 0.5) is 0 Å². The quantitative estimate of drug-likeness (QED) is 0.186. The molecule has 0 amide bonds. The van der Waals surface area contributed by atoms with Gasteiger partial charge in [0.15, 0.2) is 23.1 Å². The van der Waals surface area contributed by atoms with Crippen LogP contribution >= 0.6 is 0 Å². The van der Waals surface area contributed by atoms with E-state index in [2.05, 4.69) is 0 Å². The van der Waals surface area contributed by atoms with Gasteiger partial charge in [-0.05, 0) is 40.5 Å². The number of rotatable bonds is 6. The normalized spacial score (nSPS) is 14.8. The van der Waals surface area contributed by atoms with Gasteiger partial charge >= 0.3 is 0 Å². The van der Waals surface area contributed by atoms with Crippen LogP contribution in [0.25, 0.3) is 17.2 Å². The molecule has 2 aromatic carbocycles. The van der Waals surface area contributed by atoms with Crippen molar-refractivity contribution in [3.8, 4) is 34.1 Å². The molecule has 0 saturated carbocycles. The predicted molar refractivity (Wildman–Crippen MR) is 151 cm³/mol. The van der Waals surface area contributed by atoms with Gasteiger partial charge < -0.3 is 20.4 Å². The monoisotopic (exact) mass is 544 g/mol. The molecule has 8 nitrogen and oxygen atoms in total. The molecule has 4 N–H and O–H groups in total. The fourth-order valence-electron chi connectivity index (χ4n) is 5.33. The van der Waals surface area contributed by atoms with Crippen molar-refractivity contribution in [3.63, 3.8) is 0 Å². The average molecular weight is 545 g/mol. The van der Waals surface area contributed by atoms with Crippen molar-refractivity contribution in [1.29, 1.82) is 0 Å². The number of hydrogen-bond acceptors (Lipinski definition) is 8. The third kappa shape index (κ3) is 4.85. The second kappa shape index (κ2) is 11.0. The molecular formula is C32H32O8. The molecule has 0 aliphatic heterocycles. The van der Waals surface area contributed by atoms with E-state index in [0.717, 1.165) is 11.1 Å². The van der Waals surface area contributed by atoms with Gasteiger partial charge in [0, 0.05) is 47.9 Å². The first-order chi connectivity index (χ1) is 18.9. The van der Waals surface area contributed by atoms with Crippen LogP contribution in [0.1, 0.15) is 112 Å². The van der Waals surface area contributed by atoms with Gasteiger partial charge in [-0.15, -0.1) is 0 Å². The molecule has 0 aromatic heterocycles. The Kier molecular flexibility index (Phi) is 7.82. The Morgan fingerprint density at radius 2 is 1.05 bits per heavy atom. The highest BCUT2D eigenvalue weighted by atomic mass is 16.3. The minimum atomic E-state index is -0.657. The number of fused-ring (bicyclic) bond motifs is 2. The summed E-state index contributed by atoms with van der Waals surface area (Å²) in [7, 11) is 0. The maximum absolute atomic E-state index is 12.9. The van der Waals surface area contributed by atoms with Crippen molar-refractivity contribution in [2.24, 2.45) is 0 Å². The smallest absolute Gasteiger partial charge is 0.167 e. The van der Waals surface area contributed by atoms with Crippen LogP contribution in [0.5, 0.6) is 23.0 Å². The van der Waals surface area contributed by atoms with Crippen molar-refractivity contribution in [1.82, 2.24) is 0 Å². The summed E-state index contributed by atoms with van der Waals surface area (Å²) in [5.74, 6) is -4.51. The van der Waals surface area contributed by atoms with Crippen molar-refractivity contribution in [2.75, 3.05) is 0 Å². The Balaban J connectivity index is 2.20. The van der Waals surface area contributed by atoms with E-state index in [1.165, 1.54) is 6.08 Å². The molecule has 0 radical (unpaired) electrons. The predicted octanol–water partition coefficient (Wildman–Crippen LogP) is 6.37. The first kappa shape index (κ1) is 28.5. The molecule has 2 aliphatic carbocycles. The largest absolute Gasteiger partial charge is 0.507 e. The fraction of sp³-hybridized carbons (Fsp3) is 0.312. The average Bonchev–Trinajstić information content (AvgIpc) is 2.88. The first-order valence-electron chi connectivity index (χ1n) is 13.2. The van der Waals surface area contributed by atoms with E-state index < -0.39 is 46.1 Å². The van der Waals surface area contributed by atoms with Crippen LogP contribution in [0.2, 0.25) is 0 Å². The Bertz CT molecular complexity index is 1580. The number of carbonyl (C=O) groups is 4. The van der Waals surface area contributed by atoms with Crippen molar-refractivity contribution in [3.05, 3.63) is 62.8 Å². The zero-order valence-electron chi connectivity index (χ0n) is 23.0. The lowest BCUT2D eigenvalue weighted by Gasteiger charge is -2.26. The summed E-state index contributed by atoms with van der Waals surface area (Å²) in [6.45, 7) is 7.45. The van der Waals surface area contributed by atoms with Gasteiger partial charge in [0.25, 0.3) is 0 Å². The van der Waals surface area contributed by atoms with Gasteiger partial charge in [-0.25, -0.2) is 0 Å². The molecule has 0 unspecified atom stereocenters. The summed E-state index contributed by atoms with van der Waals surface area (Å²) in [6.07, 6.45) is 6.47. The van der Waals surface area contributed by atoms with Gasteiger partial charge in [-0.3, -0.25) is 19.2 Å². The molecule has 2 aliphatic rings. The summed E-state index contributed by atoms with van der Waals surface area (Å²) in [5, 5.41) is 45.9. The van der Waals surface area contributed by atoms with Crippen molar-refractivity contribution < 1.29 is 39.6 Å². The summed E-state index contributed by atoms with van der Waals surface area (Å²) in [5.41, 5.74) is 0.149. The first-order valence-corrected chi connectivity index (χ1v) is 13.2. The molecule has 0 heterocycles. The number of carbonyl (C=O) groups excluding carboxylic acids is 4. The van der Waals surface area contributed by atoms with E-state index in [4.69, 9.17) is 0 Å². The number of Topliss-reactive ketones (excluding diaryl/α,β-unsaturated/α-hetero) is 4. The molecule has 2 aromatic rings. The van der Waals surface area contributed by atoms with E-state index in [9.17, 15) is 39.6 Å². The number of phenols is 4. The van der Waals surface area contributed by atoms with E-state index >= 15 is 0 Å². The zero-order valence-corrected chi connectivity index (χ0v) is 23.0. The molecule has 0 atom stereocenters. The number of allylic oxidation sites excluding steroid dienone is 5. The van der Waals surface area contributed by atoms with Crippen LogP contribution in [0.3, 0.4) is 0 Å². The molecule has 8 heteroatoms. The third-order valence-electron chi connectivity index (χ3n) is 7.20. The lowest BCUT2D eigenvalue weighted by molar-refractivity contribution is 0.0884. The van der Waals surface area contributed by atoms with Crippen LogP contribution in [-0.2, 0) is 6.42 Å². The van der Waals surface area contributed by atoms with Crippen LogP contribution in [0.15, 0.2) is 29.4 Å². The molecule has 0 saturated heterocycles. The van der Waals surface area contributed by atoms with Gasteiger partial charge in [-0.1, -0.05) is 35.5 Å². The topological polar surface area (TPSA) is 149 Å². The molecular weight excluding hydrogens is 512 g/mol. The second-order valence-electron chi connectivity index (χ2n) is 10.7. The molecule has 208 valence electrons. The SMILES string of the molecule is CC(C)=C/C=C/c1c(O)c2c(c(O)c1-c1c(O)c3c(c(O)c1CCC=C(C)C)C(=O)CCC3=O)C(=O)CCC2=O. The molecule has 0 spiro atoms. The molecule has 0 bridgehead atoms. The van der Waals surface area contributed by atoms with Crippen LogP contribution in [0, 0.1) is 0 Å². The van der Waals surface area contributed by atoms with E-state index in [-0.39, 0.29) is 76.6 Å². The number of hydrogen-bond donors (Lipinski definition) is 4. The van der Waals surface area contributed by atoms with E-state index in [1.807, 2.05) is 33.8 Å². The van der Waals surface area contributed by atoms with Gasteiger partial charge in [-0.2, -0.15) is 0 Å². The number of phenolic OH excluding ortho intramolecular Hbond substituents is 4. The molecule has 4 rings (SSSR count). The number of ketones is 4. The number of aromatic hydroxyl groups is 4. The van der Waals surface area contributed by atoms with E-state index in [1.54, 1.807) is 12.2 Å². The van der Waals surface area contributed by atoms with Crippen molar-refractivity contribution in [2.45, 2.75) is 66.2 Å². The zero-order chi connectivity index (χ0) is 29.5.